The number of H-pyrrole nitrogens is 1. The molecule has 0 saturated heterocycles. The molecule has 3 aromatic rings. The molecule has 8 nitrogen and oxygen atoms in total. The van der Waals surface area contributed by atoms with Gasteiger partial charge in [0.1, 0.15) is 11.2 Å². The summed E-state index contributed by atoms with van der Waals surface area (Å²) in [6.07, 6.45) is 1.13. The van der Waals surface area contributed by atoms with Gasteiger partial charge >= 0.3 is 5.00 Å². The van der Waals surface area contributed by atoms with E-state index in [0.717, 1.165) is 17.5 Å². The van der Waals surface area contributed by atoms with E-state index in [9.17, 15) is 14.9 Å². The fraction of sp³-hybridized carbons (Fsp3) is 0. The van der Waals surface area contributed by atoms with Crippen LogP contribution in [0.1, 0.15) is 5.82 Å². The lowest BCUT2D eigenvalue weighted by Gasteiger charge is -2.04. The molecular weight excluding hydrogens is 326 g/mol. The van der Waals surface area contributed by atoms with Crippen LogP contribution in [0.5, 0.6) is 0 Å². The summed E-state index contributed by atoms with van der Waals surface area (Å²) in [4.78, 5) is 32.8. The zero-order valence-corrected chi connectivity index (χ0v) is 12.4. The van der Waals surface area contributed by atoms with Crippen molar-refractivity contribution >= 4 is 49.6 Å². The number of hydrogen-bond acceptors (Lipinski definition) is 7. The lowest BCUT2D eigenvalue weighted by atomic mass is 10.2. The van der Waals surface area contributed by atoms with Gasteiger partial charge in [0.05, 0.1) is 15.8 Å². The molecule has 10 heteroatoms. The Kier molecular flexibility index (Phi) is 3.61. The van der Waals surface area contributed by atoms with Crippen LogP contribution in [0.4, 0.5) is 10.1 Å². The van der Waals surface area contributed by atoms with E-state index in [1.54, 1.807) is 24.3 Å². The van der Waals surface area contributed by atoms with E-state index in [1.807, 2.05) is 0 Å². The van der Waals surface area contributed by atoms with Crippen LogP contribution in [0.25, 0.3) is 10.9 Å². The summed E-state index contributed by atoms with van der Waals surface area (Å²) < 4.78 is 0. The van der Waals surface area contributed by atoms with Crippen LogP contribution < -0.4 is 10.9 Å². The molecule has 0 atom stereocenters. The molecule has 2 N–H and O–H groups in total. The van der Waals surface area contributed by atoms with Crippen LogP contribution in [0.3, 0.4) is 0 Å². The summed E-state index contributed by atoms with van der Waals surface area (Å²) in [7, 11) is 0. The normalized spacial score (nSPS) is 10.5. The fourth-order valence-corrected chi connectivity index (χ4v) is 2.65. The Hall–Kier alpha value is -2.72. The first-order valence-electron chi connectivity index (χ1n) is 5.95. The van der Waals surface area contributed by atoms with Crippen molar-refractivity contribution in [1.29, 1.82) is 0 Å². The molecule has 0 saturated carbocycles. The van der Waals surface area contributed by atoms with Crippen molar-refractivity contribution in [2.75, 3.05) is 5.32 Å². The molecule has 0 bridgehead atoms. The summed E-state index contributed by atoms with van der Waals surface area (Å²) in [5, 5.41) is 14.0. The monoisotopic (exact) mass is 333 g/mol. The first-order valence-corrected chi connectivity index (χ1v) is 7.18. The minimum Gasteiger partial charge on any atom is -0.319 e. The van der Waals surface area contributed by atoms with Crippen molar-refractivity contribution in [3.05, 3.63) is 56.8 Å². The number of benzene rings is 1. The number of hydrogen-bond donors (Lipinski definition) is 2. The number of aromatic nitrogens is 3. The van der Waals surface area contributed by atoms with Gasteiger partial charge in [-0.05, 0) is 23.5 Å². The van der Waals surface area contributed by atoms with Gasteiger partial charge in [0.25, 0.3) is 5.56 Å². The minimum absolute atomic E-state index is 0.106. The van der Waals surface area contributed by atoms with Gasteiger partial charge in [-0.25, -0.2) is 9.97 Å². The summed E-state index contributed by atoms with van der Waals surface area (Å²) in [6.45, 7) is 0. The smallest absolute Gasteiger partial charge is 0.319 e. The van der Waals surface area contributed by atoms with Gasteiger partial charge in [-0.3, -0.25) is 14.9 Å². The Balaban J connectivity index is 1.91. The third kappa shape index (κ3) is 2.69. The van der Waals surface area contributed by atoms with Gasteiger partial charge in [-0.15, -0.1) is 0 Å². The number of nitro groups is 1. The largest absolute Gasteiger partial charge is 0.345 e. The highest BCUT2D eigenvalue weighted by molar-refractivity contribution is 7.81. The molecule has 2 heterocycles. The Morgan fingerprint density at radius 1 is 1.41 bits per heavy atom. The zero-order valence-electron chi connectivity index (χ0n) is 10.8. The predicted octanol–water partition coefficient (Wildman–Crippen LogP) is 2.08. The first kappa shape index (κ1) is 14.2. The Labute approximate surface area is 132 Å². The Bertz CT molecular complexity index is 949. The highest BCUT2D eigenvalue weighted by Gasteiger charge is 2.14. The van der Waals surface area contributed by atoms with Gasteiger partial charge in [-0.1, -0.05) is 24.4 Å². The van der Waals surface area contributed by atoms with Crippen LogP contribution in [0.2, 0.25) is 0 Å². The minimum atomic E-state index is -0.540. The number of aromatic amines is 1. The fourth-order valence-electron chi connectivity index (χ4n) is 1.76. The molecule has 0 radical (unpaired) electrons. The standard InChI is InChI=1S/C12H7N5O3S2/c18-10-6-3-1-2-4-7(6)14-9(15-10)11(21)16-12-13-5-8(22-12)17(19)20/h1-5H,(H,13,16,21)(H,14,15,18). The lowest BCUT2D eigenvalue weighted by molar-refractivity contribution is -0.380. The Morgan fingerprint density at radius 3 is 2.91 bits per heavy atom. The summed E-state index contributed by atoms with van der Waals surface area (Å²) >= 11 is 6.00. The molecule has 22 heavy (non-hydrogen) atoms. The van der Waals surface area contributed by atoms with Crippen molar-refractivity contribution in [1.82, 2.24) is 15.0 Å². The molecule has 0 aliphatic carbocycles. The second kappa shape index (κ2) is 5.58. The average molecular weight is 333 g/mol. The number of para-hydroxylation sites is 1. The number of thiocarbonyl (C=S) groups is 1. The van der Waals surface area contributed by atoms with Crippen LogP contribution >= 0.6 is 23.6 Å². The SMILES string of the molecule is O=c1[nH]c(C(=S)Nc2ncc([N+](=O)[O-])s2)nc2ccccc12. The number of thiazole rings is 1. The quantitative estimate of drug-likeness (QED) is 0.428. The van der Waals surface area contributed by atoms with Gasteiger partial charge in [0.15, 0.2) is 11.0 Å². The number of nitrogens with zero attached hydrogens (tertiary/aromatic N) is 3. The lowest BCUT2D eigenvalue weighted by Crippen LogP contribution is -2.20. The van der Waals surface area contributed by atoms with Crippen molar-refractivity contribution in [3.63, 3.8) is 0 Å². The van der Waals surface area contributed by atoms with Crippen molar-refractivity contribution in [2.24, 2.45) is 0 Å². The number of nitrogens with one attached hydrogen (secondary N) is 2. The number of anilines is 1. The highest BCUT2D eigenvalue weighted by Crippen LogP contribution is 2.25. The van der Waals surface area contributed by atoms with Gasteiger partial charge in [0.2, 0.25) is 0 Å². The van der Waals surface area contributed by atoms with Crippen LogP contribution in [-0.4, -0.2) is 24.9 Å². The summed E-state index contributed by atoms with van der Waals surface area (Å²) in [6, 6.07) is 6.86. The van der Waals surface area contributed by atoms with E-state index in [0.29, 0.717) is 10.9 Å². The van der Waals surface area contributed by atoms with Gasteiger partial charge in [-0.2, -0.15) is 0 Å². The van der Waals surface area contributed by atoms with Crippen molar-refractivity contribution in [3.8, 4) is 0 Å². The molecule has 1 aromatic carbocycles. The molecule has 0 aliphatic rings. The molecule has 0 spiro atoms. The van der Waals surface area contributed by atoms with E-state index in [-0.39, 0.29) is 26.5 Å². The van der Waals surface area contributed by atoms with E-state index in [4.69, 9.17) is 12.2 Å². The Morgan fingerprint density at radius 2 is 2.18 bits per heavy atom. The molecule has 0 fully saturated rings. The maximum Gasteiger partial charge on any atom is 0.345 e. The van der Waals surface area contributed by atoms with E-state index < -0.39 is 4.92 Å². The number of rotatable bonds is 3. The summed E-state index contributed by atoms with van der Waals surface area (Å²) in [5.74, 6) is 0.177. The molecule has 110 valence electrons. The zero-order chi connectivity index (χ0) is 15.7. The van der Waals surface area contributed by atoms with Crippen molar-refractivity contribution in [2.45, 2.75) is 0 Å². The topological polar surface area (TPSA) is 114 Å². The maximum absolute atomic E-state index is 12.0. The second-order valence-electron chi connectivity index (χ2n) is 4.15. The van der Waals surface area contributed by atoms with Gasteiger partial charge in [0, 0.05) is 0 Å². The third-order valence-corrected chi connectivity index (χ3v) is 3.88. The van der Waals surface area contributed by atoms with Gasteiger partial charge < -0.3 is 10.3 Å². The second-order valence-corrected chi connectivity index (χ2v) is 5.56. The first-order chi connectivity index (χ1) is 10.5. The molecule has 3 rings (SSSR count). The van der Waals surface area contributed by atoms with E-state index in [2.05, 4.69) is 20.3 Å². The predicted molar refractivity (Wildman–Crippen MR) is 86.5 cm³/mol. The third-order valence-electron chi connectivity index (χ3n) is 2.72. The number of fused-ring (bicyclic) bond motifs is 1. The summed E-state index contributed by atoms with van der Waals surface area (Å²) in [5.41, 5.74) is 0.199. The van der Waals surface area contributed by atoms with E-state index in [1.165, 1.54) is 0 Å². The average Bonchev–Trinajstić information content (AvgIpc) is 2.96. The molecule has 2 aromatic heterocycles. The van der Waals surface area contributed by atoms with Crippen LogP contribution in [0.15, 0.2) is 35.3 Å². The highest BCUT2D eigenvalue weighted by atomic mass is 32.1. The van der Waals surface area contributed by atoms with E-state index >= 15 is 0 Å². The van der Waals surface area contributed by atoms with Crippen LogP contribution in [0, 0.1) is 10.1 Å². The van der Waals surface area contributed by atoms with Crippen molar-refractivity contribution < 1.29 is 4.92 Å². The molecule has 0 amide bonds. The molecule has 0 aliphatic heterocycles. The maximum atomic E-state index is 12.0. The van der Waals surface area contributed by atoms with Crippen LogP contribution in [-0.2, 0) is 0 Å². The molecule has 0 unspecified atom stereocenters. The molecular formula is C12H7N5O3S2.